The molecule has 0 aromatic heterocycles. The van der Waals surface area contributed by atoms with E-state index in [1.165, 1.54) is 0 Å². The maximum absolute atomic E-state index is 11.0. The smallest absolute Gasteiger partial charge is 0.252 e. The topological polar surface area (TPSA) is 98.8 Å². The zero-order chi connectivity index (χ0) is 26.6. The first-order valence-corrected chi connectivity index (χ1v) is 12.6. The number of hydrogen-bond acceptors (Lipinski definition) is 9. The van der Waals surface area contributed by atoms with Gasteiger partial charge in [-0.25, -0.2) is 0 Å². The second-order valence-electron chi connectivity index (χ2n) is 7.35. The van der Waals surface area contributed by atoms with Crippen LogP contribution in [0.4, 0.5) is 0 Å². The van der Waals surface area contributed by atoms with Crippen molar-refractivity contribution < 1.29 is 42.7 Å². The molecular weight excluding hydrogens is 527 g/mol. The van der Waals surface area contributed by atoms with Gasteiger partial charge < -0.3 is 33.2 Å². The Balaban J connectivity index is 1.27. The van der Waals surface area contributed by atoms with Gasteiger partial charge in [0.25, 0.3) is 10.5 Å². The lowest BCUT2D eigenvalue weighted by Gasteiger charge is -2.09. The standard InChI is InChI=1S/C26H32Cl2O9/c27-25(29)21-1-5-23(6-2-21)36-19-17-34-15-13-32-11-9-31-10-12-33-14-16-35-18-20-37-24-7-3-22(4-8-24)26(28)30/h1-8H,9-20H2. The Bertz CT molecular complexity index is 818. The summed E-state index contributed by atoms with van der Waals surface area (Å²) >= 11 is 10.8. The quantitative estimate of drug-likeness (QED) is 0.157. The minimum Gasteiger partial charge on any atom is -0.491 e. The minimum atomic E-state index is -0.498. The SMILES string of the molecule is O=C(Cl)c1ccc(OCCOCCOCCOCCOCCOCCOc2ccc(C(=O)Cl)cc2)cc1. The summed E-state index contributed by atoms with van der Waals surface area (Å²) in [7, 11) is 0. The highest BCUT2D eigenvalue weighted by Crippen LogP contribution is 2.14. The van der Waals surface area contributed by atoms with Gasteiger partial charge in [-0.15, -0.1) is 0 Å². The number of rotatable bonds is 22. The summed E-state index contributed by atoms with van der Waals surface area (Å²) < 4.78 is 38.2. The molecule has 0 spiro atoms. The van der Waals surface area contributed by atoms with E-state index in [0.717, 1.165) is 0 Å². The lowest BCUT2D eigenvalue weighted by molar-refractivity contribution is -0.0141. The number of carbonyl (C=O) groups excluding carboxylic acids is 2. The Kier molecular flexibility index (Phi) is 16.6. The van der Waals surface area contributed by atoms with Crippen molar-refractivity contribution in [2.75, 3.05) is 79.3 Å². The second-order valence-corrected chi connectivity index (χ2v) is 8.04. The monoisotopic (exact) mass is 558 g/mol. The minimum absolute atomic E-state index is 0.393. The van der Waals surface area contributed by atoms with Crippen molar-refractivity contribution in [3.05, 3.63) is 59.7 Å². The highest BCUT2D eigenvalue weighted by atomic mass is 35.5. The van der Waals surface area contributed by atoms with Crippen LogP contribution in [-0.2, 0) is 23.7 Å². The van der Waals surface area contributed by atoms with Crippen molar-refractivity contribution in [1.29, 1.82) is 0 Å². The van der Waals surface area contributed by atoms with E-state index in [4.69, 9.17) is 56.4 Å². The van der Waals surface area contributed by atoms with Gasteiger partial charge >= 0.3 is 0 Å². The van der Waals surface area contributed by atoms with E-state index in [1.54, 1.807) is 48.5 Å². The van der Waals surface area contributed by atoms with E-state index < -0.39 is 10.5 Å². The molecule has 2 aromatic carbocycles. The maximum Gasteiger partial charge on any atom is 0.252 e. The number of carbonyl (C=O) groups is 2. The van der Waals surface area contributed by atoms with Crippen molar-refractivity contribution in [2.45, 2.75) is 0 Å². The number of hydrogen-bond donors (Lipinski definition) is 0. The second kappa shape index (κ2) is 19.8. The molecule has 0 aliphatic carbocycles. The fourth-order valence-corrected chi connectivity index (χ4v) is 3.03. The van der Waals surface area contributed by atoms with E-state index in [-0.39, 0.29) is 0 Å². The summed E-state index contributed by atoms with van der Waals surface area (Å²) in [4.78, 5) is 22.0. The third kappa shape index (κ3) is 14.9. The van der Waals surface area contributed by atoms with Gasteiger partial charge in [-0.05, 0) is 71.7 Å². The molecule has 9 nitrogen and oxygen atoms in total. The van der Waals surface area contributed by atoms with Gasteiger partial charge in [0.2, 0.25) is 0 Å². The Morgan fingerprint density at radius 3 is 0.919 bits per heavy atom. The number of benzene rings is 2. The zero-order valence-electron chi connectivity index (χ0n) is 20.5. The number of halogens is 2. The lowest BCUT2D eigenvalue weighted by Crippen LogP contribution is -2.15. The molecule has 204 valence electrons. The molecule has 37 heavy (non-hydrogen) atoms. The van der Waals surface area contributed by atoms with Crippen LogP contribution in [-0.4, -0.2) is 89.8 Å². The van der Waals surface area contributed by atoms with Crippen LogP contribution in [0.15, 0.2) is 48.5 Å². The van der Waals surface area contributed by atoms with Crippen LogP contribution >= 0.6 is 23.2 Å². The third-order valence-corrected chi connectivity index (χ3v) is 5.08. The molecule has 0 saturated carbocycles. The van der Waals surface area contributed by atoms with Crippen LogP contribution in [0, 0.1) is 0 Å². The largest absolute Gasteiger partial charge is 0.491 e. The van der Waals surface area contributed by atoms with Crippen molar-refractivity contribution in [3.63, 3.8) is 0 Å². The Morgan fingerprint density at radius 2 is 0.676 bits per heavy atom. The molecule has 11 heteroatoms. The highest BCUT2D eigenvalue weighted by molar-refractivity contribution is 6.68. The van der Waals surface area contributed by atoms with Gasteiger partial charge in [0.15, 0.2) is 0 Å². The first-order valence-electron chi connectivity index (χ1n) is 11.8. The van der Waals surface area contributed by atoms with E-state index in [2.05, 4.69) is 0 Å². The Labute approximate surface area is 226 Å². The van der Waals surface area contributed by atoms with E-state index >= 15 is 0 Å². The molecule has 0 N–H and O–H groups in total. The van der Waals surface area contributed by atoms with Crippen LogP contribution in [0.1, 0.15) is 20.7 Å². The van der Waals surface area contributed by atoms with Gasteiger partial charge in [-0.1, -0.05) is 0 Å². The van der Waals surface area contributed by atoms with Crippen LogP contribution in [0.2, 0.25) is 0 Å². The number of ether oxygens (including phenoxy) is 7. The van der Waals surface area contributed by atoms with E-state index in [9.17, 15) is 9.59 Å². The zero-order valence-corrected chi connectivity index (χ0v) is 22.0. The van der Waals surface area contributed by atoms with Crippen LogP contribution in [0.3, 0.4) is 0 Å². The van der Waals surface area contributed by atoms with Crippen molar-refractivity contribution in [3.8, 4) is 11.5 Å². The van der Waals surface area contributed by atoms with Crippen LogP contribution in [0.25, 0.3) is 0 Å². The van der Waals surface area contributed by atoms with Crippen molar-refractivity contribution in [2.24, 2.45) is 0 Å². The van der Waals surface area contributed by atoms with Crippen LogP contribution in [0.5, 0.6) is 11.5 Å². The Morgan fingerprint density at radius 1 is 0.432 bits per heavy atom. The van der Waals surface area contributed by atoms with Gasteiger partial charge in [0, 0.05) is 11.1 Å². The summed E-state index contributed by atoms with van der Waals surface area (Å²) in [5, 5.41) is -0.996. The third-order valence-electron chi connectivity index (χ3n) is 4.64. The van der Waals surface area contributed by atoms with Gasteiger partial charge in [0.1, 0.15) is 24.7 Å². The normalized spacial score (nSPS) is 10.9. The summed E-state index contributed by atoms with van der Waals surface area (Å²) in [5.41, 5.74) is 0.853. The average molecular weight is 559 g/mol. The van der Waals surface area contributed by atoms with Gasteiger partial charge in [-0.3, -0.25) is 9.59 Å². The van der Waals surface area contributed by atoms with E-state index in [1.807, 2.05) is 0 Å². The fourth-order valence-electron chi connectivity index (χ4n) is 2.78. The molecule has 0 radical (unpaired) electrons. The predicted molar refractivity (Wildman–Crippen MR) is 138 cm³/mol. The lowest BCUT2D eigenvalue weighted by atomic mass is 10.2. The fraction of sp³-hybridized carbons (Fsp3) is 0.462. The summed E-state index contributed by atoms with van der Waals surface area (Å²) in [6, 6.07) is 13.2. The molecule has 0 heterocycles. The molecule has 0 fully saturated rings. The van der Waals surface area contributed by atoms with Crippen molar-refractivity contribution >= 4 is 33.7 Å². The van der Waals surface area contributed by atoms with Crippen molar-refractivity contribution in [1.82, 2.24) is 0 Å². The van der Waals surface area contributed by atoms with E-state index in [0.29, 0.717) is 102 Å². The molecule has 2 aromatic rings. The summed E-state index contributed by atoms with van der Waals surface area (Å²) in [6.45, 7) is 5.37. The molecule has 0 amide bonds. The average Bonchev–Trinajstić information content (AvgIpc) is 2.90. The maximum atomic E-state index is 11.0. The molecule has 2 rings (SSSR count). The molecule has 0 saturated heterocycles. The summed E-state index contributed by atoms with van der Waals surface area (Å²) in [6.07, 6.45) is 0. The van der Waals surface area contributed by atoms with Gasteiger partial charge in [0.05, 0.1) is 66.1 Å². The van der Waals surface area contributed by atoms with Gasteiger partial charge in [-0.2, -0.15) is 0 Å². The molecular formula is C26H32Cl2O9. The summed E-state index contributed by atoms with van der Waals surface area (Å²) in [5.74, 6) is 1.29. The van der Waals surface area contributed by atoms with Crippen LogP contribution < -0.4 is 9.47 Å². The Hall–Kier alpha value is -2.24. The molecule has 0 unspecified atom stereocenters. The molecule has 0 bridgehead atoms. The first-order chi connectivity index (χ1) is 18.1. The predicted octanol–water partition coefficient (Wildman–Crippen LogP) is 3.99. The molecule has 0 atom stereocenters. The highest BCUT2D eigenvalue weighted by Gasteiger charge is 2.02. The first kappa shape index (κ1) is 31.0. The molecule has 0 aliphatic rings. The molecule has 0 aliphatic heterocycles.